The van der Waals surface area contributed by atoms with Gasteiger partial charge in [0.1, 0.15) is 17.4 Å². The van der Waals surface area contributed by atoms with E-state index in [1.807, 2.05) is 4.90 Å². The molecule has 0 bridgehead atoms. The van der Waals surface area contributed by atoms with Crippen LogP contribution in [0.5, 0.6) is 5.75 Å². The summed E-state index contributed by atoms with van der Waals surface area (Å²) in [5.74, 6) is 0.196. The molecule has 3 unspecified atom stereocenters. The average molecular weight is 587 g/mol. The minimum Gasteiger partial charge on any atom is -0.493 e. The van der Waals surface area contributed by atoms with Gasteiger partial charge in [-0.15, -0.1) is 0 Å². The molecule has 3 aromatic carbocycles. The summed E-state index contributed by atoms with van der Waals surface area (Å²) in [5, 5.41) is 0. The van der Waals surface area contributed by atoms with Gasteiger partial charge in [0.05, 0.1) is 18.3 Å². The number of aliphatic imine (C=N–C) groups is 1. The van der Waals surface area contributed by atoms with Crippen molar-refractivity contribution in [2.75, 3.05) is 13.2 Å². The molecular formula is C37H44F2N2O2. The van der Waals surface area contributed by atoms with Gasteiger partial charge in [0.15, 0.2) is 0 Å². The van der Waals surface area contributed by atoms with Crippen molar-refractivity contribution in [1.29, 1.82) is 0 Å². The first kappa shape index (κ1) is 30.9. The topological polar surface area (TPSA) is 41.9 Å². The van der Waals surface area contributed by atoms with Crippen LogP contribution in [-0.2, 0) is 11.2 Å². The first-order chi connectivity index (χ1) is 20.7. The number of rotatable bonds is 7. The SMILES string of the molecule is CCCC(C)=Nc1cc(-c2ccc3c(c2)CC(C)C(CC(=O)N2CCCCC2c2cc(F)cc(F)c2)CCO3)ccc1C. The third-order valence-electron chi connectivity index (χ3n) is 9.15. The number of amides is 1. The molecule has 6 heteroatoms. The maximum Gasteiger partial charge on any atom is 0.223 e. The van der Waals surface area contributed by atoms with E-state index in [0.29, 0.717) is 25.1 Å². The number of likely N-dealkylation sites (tertiary alicyclic amines) is 1. The summed E-state index contributed by atoms with van der Waals surface area (Å²) in [6, 6.07) is 16.2. The van der Waals surface area contributed by atoms with Gasteiger partial charge in [-0.25, -0.2) is 8.78 Å². The van der Waals surface area contributed by atoms with Crippen LogP contribution in [0.2, 0.25) is 0 Å². The van der Waals surface area contributed by atoms with Gasteiger partial charge in [0.25, 0.3) is 0 Å². The van der Waals surface area contributed by atoms with E-state index >= 15 is 0 Å². The van der Waals surface area contributed by atoms with Gasteiger partial charge in [-0.2, -0.15) is 0 Å². The number of nitrogens with zero attached hydrogens (tertiary/aromatic N) is 2. The van der Waals surface area contributed by atoms with Crippen molar-refractivity contribution in [2.24, 2.45) is 16.8 Å². The van der Waals surface area contributed by atoms with Crippen molar-refractivity contribution in [3.05, 3.63) is 82.9 Å². The van der Waals surface area contributed by atoms with Crippen LogP contribution in [0.15, 0.2) is 59.6 Å². The van der Waals surface area contributed by atoms with Gasteiger partial charge in [0.2, 0.25) is 5.91 Å². The van der Waals surface area contributed by atoms with Gasteiger partial charge < -0.3 is 9.64 Å². The fraction of sp³-hybridized carbons (Fsp3) is 0.459. The van der Waals surface area contributed by atoms with E-state index in [4.69, 9.17) is 9.73 Å². The number of carbonyl (C=O) groups excluding carboxylic acids is 1. The summed E-state index contributed by atoms with van der Waals surface area (Å²) in [4.78, 5) is 20.5. The Morgan fingerprint density at radius 1 is 1.00 bits per heavy atom. The van der Waals surface area contributed by atoms with Crippen molar-refractivity contribution in [1.82, 2.24) is 4.90 Å². The van der Waals surface area contributed by atoms with Crippen molar-refractivity contribution >= 4 is 17.3 Å². The van der Waals surface area contributed by atoms with Crippen LogP contribution in [0, 0.1) is 30.4 Å². The highest BCUT2D eigenvalue weighted by Gasteiger charge is 2.32. The summed E-state index contributed by atoms with van der Waals surface area (Å²) in [5.41, 5.74) is 7.27. The Kier molecular flexibility index (Phi) is 9.94. The van der Waals surface area contributed by atoms with E-state index in [1.165, 1.54) is 12.1 Å². The van der Waals surface area contributed by atoms with Gasteiger partial charge >= 0.3 is 0 Å². The predicted octanol–water partition coefficient (Wildman–Crippen LogP) is 9.55. The summed E-state index contributed by atoms with van der Waals surface area (Å²) in [7, 11) is 0. The highest BCUT2D eigenvalue weighted by molar-refractivity contribution is 5.85. The second-order valence-corrected chi connectivity index (χ2v) is 12.5. The first-order valence-electron chi connectivity index (χ1n) is 15.9. The summed E-state index contributed by atoms with van der Waals surface area (Å²) in [6.45, 7) is 9.75. The molecule has 0 aromatic heterocycles. The lowest BCUT2D eigenvalue weighted by molar-refractivity contribution is -0.136. The normalized spacial score (nSPS) is 21.0. The molecule has 0 spiro atoms. The number of fused-ring (bicyclic) bond motifs is 1. The summed E-state index contributed by atoms with van der Waals surface area (Å²) >= 11 is 0. The minimum absolute atomic E-state index is 0.0619. The maximum atomic E-state index is 14.0. The van der Waals surface area contributed by atoms with Crippen LogP contribution in [0.4, 0.5) is 14.5 Å². The smallest absolute Gasteiger partial charge is 0.223 e. The standard InChI is InChI=1S/C37H44F2N2O2/c1-5-8-26(4)40-34-21-29(11-10-24(34)2)28-12-13-36-31(18-28)17-25(3)27(14-16-43-36)22-37(42)41-15-7-6-9-35(41)30-19-32(38)23-33(39)20-30/h10-13,18-21,23,25,27,35H,5-9,14-17,22H2,1-4H3. The second kappa shape index (κ2) is 13.8. The van der Waals surface area contributed by atoms with Crippen LogP contribution in [0.3, 0.4) is 0 Å². The fourth-order valence-corrected chi connectivity index (χ4v) is 6.70. The first-order valence-corrected chi connectivity index (χ1v) is 15.9. The Morgan fingerprint density at radius 3 is 2.51 bits per heavy atom. The molecule has 43 heavy (non-hydrogen) atoms. The Morgan fingerprint density at radius 2 is 1.74 bits per heavy atom. The number of hydrogen-bond donors (Lipinski definition) is 0. The largest absolute Gasteiger partial charge is 0.493 e. The molecule has 3 aromatic rings. The zero-order chi connectivity index (χ0) is 30.5. The molecule has 2 aliphatic heterocycles. The lowest BCUT2D eigenvalue weighted by Gasteiger charge is -2.38. The van der Waals surface area contributed by atoms with Gasteiger partial charge in [0, 0.05) is 24.7 Å². The van der Waals surface area contributed by atoms with Gasteiger partial charge in [-0.05, 0) is 122 Å². The molecule has 0 saturated carbocycles. The number of piperidine rings is 1. The number of hydrogen-bond acceptors (Lipinski definition) is 3. The van der Waals surface area contributed by atoms with Crippen LogP contribution >= 0.6 is 0 Å². The average Bonchev–Trinajstić information content (AvgIpc) is 2.97. The molecule has 1 amide bonds. The highest BCUT2D eigenvalue weighted by atomic mass is 19.1. The molecule has 0 radical (unpaired) electrons. The second-order valence-electron chi connectivity index (χ2n) is 12.5. The number of aryl methyl sites for hydroxylation is 1. The lowest BCUT2D eigenvalue weighted by Crippen LogP contribution is -2.40. The molecule has 1 saturated heterocycles. The monoisotopic (exact) mass is 586 g/mol. The maximum absolute atomic E-state index is 14.0. The molecule has 3 atom stereocenters. The van der Waals surface area contributed by atoms with E-state index in [2.05, 4.69) is 64.1 Å². The van der Waals surface area contributed by atoms with Gasteiger partial charge in [-0.3, -0.25) is 9.79 Å². The van der Waals surface area contributed by atoms with Crippen molar-refractivity contribution in [3.63, 3.8) is 0 Å². The van der Waals surface area contributed by atoms with Crippen LogP contribution in [0.1, 0.15) is 88.4 Å². The Hall–Kier alpha value is -3.54. The Balaban J connectivity index is 1.32. The van der Waals surface area contributed by atoms with Crippen molar-refractivity contribution in [2.45, 2.75) is 85.1 Å². The summed E-state index contributed by atoms with van der Waals surface area (Å²) in [6.07, 6.45) is 6.64. The fourth-order valence-electron chi connectivity index (χ4n) is 6.70. The third kappa shape index (κ3) is 7.52. The molecule has 1 fully saturated rings. The van der Waals surface area contributed by atoms with Crippen LogP contribution < -0.4 is 4.74 Å². The Bertz CT molecular complexity index is 1460. The number of benzene rings is 3. The van der Waals surface area contributed by atoms with Crippen LogP contribution in [0.25, 0.3) is 11.1 Å². The molecule has 2 aliphatic rings. The van der Waals surface area contributed by atoms with E-state index in [-0.39, 0.29) is 23.8 Å². The molecular weight excluding hydrogens is 542 g/mol. The van der Waals surface area contributed by atoms with E-state index in [9.17, 15) is 13.6 Å². The highest BCUT2D eigenvalue weighted by Crippen LogP contribution is 2.37. The molecule has 0 N–H and O–H groups in total. The van der Waals surface area contributed by atoms with E-state index < -0.39 is 11.6 Å². The zero-order valence-electron chi connectivity index (χ0n) is 26.0. The molecule has 2 heterocycles. The number of ether oxygens (including phenoxy) is 1. The molecule has 0 aliphatic carbocycles. The third-order valence-corrected chi connectivity index (χ3v) is 9.15. The van der Waals surface area contributed by atoms with Crippen molar-refractivity contribution < 1.29 is 18.3 Å². The lowest BCUT2D eigenvalue weighted by atomic mass is 9.82. The quantitative estimate of drug-likeness (QED) is 0.259. The van der Waals surface area contributed by atoms with Crippen LogP contribution in [-0.4, -0.2) is 29.7 Å². The summed E-state index contributed by atoms with van der Waals surface area (Å²) < 4.78 is 34.3. The zero-order valence-corrected chi connectivity index (χ0v) is 26.0. The number of carbonyl (C=O) groups is 1. The van der Waals surface area contributed by atoms with E-state index in [0.717, 1.165) is 90.4 Å². The molecule has 5 rings (SSSR count). The van der Waals surface area contributed by atoms with Crippen molar-refractivity contribution in [3.8, 4) is 16.9 Å². The van der Waals surface area contributed by atoms with Gasteiger partial charge in [-0.1, -0.05) is 38.5 Å². The molecule has 4 nitrogen and oxygen atoms in total. The number of halogens is 2. The van der Waals surface area contributed by atoms with E-state index in [1.54, 1.807) is 0 Å². The Labute approximate surface area is 255 Å². The predicted molar refractivity (Wildman–Crippen MR) is 170 cm³/mol. The minimum atomic E-state index is -0.599. The molecule has 228 valence electrons.